The number of nitrogens with zero attached hydrogens (tertiary/aromatic N) is 2. The number of hydrogen-bond donors (Lipinski definition) is 0. The van der Waals surface area contributed by atoms with E-state index in [0.29, 0.717) is 55.2 Å². The van der Waals surface area contributed by atoms with Crippen molar-refractivity contribution < 1.29 is 28.7 Å². The summed E-state index contributed by atoms with van der Waals surface area (Å²) >= 11 is 2.97. The van der Waals surface area contributed by atoms with Crippen LogP contribution in [0.3, 0.4) is 0 Å². The van der Waals surface area contributed by atoms with Crippen LogP contribution in [0, 0.1) is 0 Å². The average Bonchev–Trinajstić information content (AvgIpc) is 3.92. The van der Waals surface area contributed by atoms with Crippen LogP contribution in [0.5, 0.6) is 11.8 Å². The van der Waals surface area contributed by atoms with Crippen molar-refractivity contribution >= 4 is 69.1 Å². The minimum Gasteiger partial charge on any atom is -0.465 e. The Balaban J connectivity index is 1.08. The molecule has 6 aliphatic rings. The van der Waals surface area contributed by atoms with Crippen molar-refractivity contribution in [2.45, 2.75) is 75.4 Å². The normalized spacial score (nSPS) is 21.4. The van der Waals surface area contributed by atoms with Gasteiger partial charge in [0.2, 0.25) is 34.9 Å². The molecular weight excluding hydrogens is 717 g/mol. The van der Waals surface area contributed by atoms with E-state index < -0.39 is 34.3 Å². The molecule has 2 aliphatic heterocycles. The van der Waals surface area contributed by atoms with Gasteiger partial charge in [-0.15, -0.1) is 22.7 Å². The summed E-state index contributed by atoms with van der Waals surface area (Å²) < 4.78 is 14.0. The van der Waals surface area contributed by atoms with Gasteiger partial charge in [0.15, 0.2) is 0 Å². The lowest BCUT2D eigenvalue weighted by molar-refractivity contribution is -0.110. The molecule has 266 valence electrons. The van der Waals surface area contributed by atoms with Crippen molar-refractivity contribution in [2.75, 3.05) is 0 Å². The van der Waals surface area contributed by atoms with Crippen molar-refractivity contribution in [3.8, 4) is 32.6 Å². The number of carbonyl (C=O) groups is 4. The van der Waals surface area contributed by atoms with Crippen LogP contribution >= 0.6 is 22.7 Å². The van der Waals surface area contributed by atoms with Gasteiger partial charge < -0.3 is 9.47 Å². The van der Waals surface area contributed by atoms with Gasteiger partial charge in [-0.05, 0) is 86.8 Å². The molecule has 54 heavy (non-hydrogen) atoms. The number of hydrogen-bond acceptors (Lipinski definition) is 10. The molecule has 2 spiro atoms. The number of fused-ring (bicyclic) bond motifs is 10. The van der Waals surface area contributed by atoms with Crippen LogP contribution in [-0.2, 0) is 20.8 Å². The predicted molar refractivity (Wildman–Crippen MR) is 207 cm³/mol. The molecule has 3 aromatic carbocycles. The van der Waals surface area contributed by atoms with Gasteiger partial charge >= 0.3 is 0 Å². The minimum atomic E-state index is -0.562. The Hall–Kier alpha value is -5.32. The molecule has 8 nitrogen and oxygen atoms in total. The largest absolute Gasteiger partial charge is 0.465 e. The van der Waals surface area contributed by atoms with E-state index in [4.69, 9.17) is 19.4 Å². The van der Waals surface area contributed by atoms with Crippen LogP contribution in [0.2, 0.25) is 0 Å². The Labute approximate surface area is 318 Å². The van der Waals surface area contributed by atoms with E-state index in [1.54, 1.807) is 36.4 Å². The summed E-state index contributed by atoms with van der Waals surface area (Å²) in [6, 6.07) is 18.9. The summed E-state index contributed by atoms with van der Waals surface area (Å²) in [5, 5.41) is 1.24. The molecule has 10 heteroatoms. The lowest BCUT2D eigenvalue weighted by Gasteiger charge is -2.45. The highest BCUT2D eigenvalue weighted by molar-refractivity contribution is 7.17. The van der Waals surface area contributed by atoms with E-state index >= 15 is 0 Å². The van der Waals surface area contributed by atoms with Crippen LogP contribution < -0.4 is 9.47 Å². The summed E-state index contributed by atoms with van der Waals surface area (Å²) in [5.41, 5.74) is 6.18. The quantitative estimate of drug-likeness (QED) is 0.130. The van der Waals surface area contributed by atoms with Crippen LogP contribution in [-0.4, -0.2) is 33.1 Å². The number of thiazole rings is 2. The van der Waals surface area contributed by atoms with Gasteiger partial charge in [-0.25, -0.2) is 9.97 Å². The van der Waals surface area contributed by atoms with Crippen molar-refractivity contribution in [1.82, 2.24) is 9.97 Å². The van der Waals surface area contributed by atoms with Crippen LogP contribution in [0.25, 0.3) is 44.2 Å². The second kappa shape index (κ2) is 11.6. The number of allylic oxidation sites excluding steroid dienone is 2. The number of benzene rings is 3. The fourth-order valence-corrected chi connectivity index (χ4v) is 11.5. The fraction of sp³-hybridized carbons (Fsp3) is 0.273. The van der Waals surface area contributed by atoms with Gasteiger partial charge in [0, 0.05) is 44.5 Å². The molecule has 4 heterocycles. The van der Waals surface area contributed by atoms with E-state index in [9.17, 15) is 19.2 Å². The molecule has 4 aliphatic carbocycles. The Morgan fingerprint density at radius 1 is 0.500 bits per heavy atom. The monoisotopic (exact) mass is 748 g/mol. The number of aromatic nitrogens is 2. The van der Waals surface area contributed by atoms with Crippen molar-refractivity contribution in [2.24, 2.45) is 0 Å². The number of ketones is 4. The zero-order chi connectivity index (χ0) is 36.3. The summed E-state index contributed by atoms with van der Waals surface area (Å²) in [6.45, 7) is 0. The highest BCUT2D eigenvalue weighted by Gasteiger charge is 2.49. The molecule has 0 radical (unpaired) electrons. The van der Waals surface area contributed by atoms with Gasteiger partial charge in [-0.3, -0.25) is 19.2 Å². The third kappa shape index (κ3) is 4.53. The van der Waals surface area contributed by atoms with Crippen LogP contribution in [0.15, 0.2) is 60.7 Å². The second-order valence-corrected chi connectivity index (χ2v) is 17.2. The molecule has 5 aromatic rings. The van der Waals surface area contributed by atoms with Gasteiger partial charge in [-0.2, -0.15) is 0 Å². The third-order valence-electron chi connectivity index (χ3n) is 12.1. The van der Waals surface area contributed by atoms with Gasteiger partial charge in [0.05, 0.1) is 9.75 Å². The predicted octanol–water partition coefficient (Wildman–Crippen LogP) is 9.65. The van der Waals surface area contributed by atoms with E-state index in [2.05, 4.69) is 12.1 Å². The smallest absolute Gasteiger partial charge is 0.234 e. The Morgan fingerprint density at radius 3 is 1.30 bits per heavy atom. The highest BCUT2D eigenvalue weighted by Crippen LogP contribution is 2.59. The summed E-state index contributed by atoms with van der Waals surface area (Å²) in [7, 11) is 0. The number of carbonyl (C=O) groups excluding carboxylic acids is 4. The Bertz CT molecular complexity index is 2430. The molecule has 0 unspecified atom stereocenters. The first-order valence-corrected chi connectivity index (χ1v) is 20.4. The summed E-state index contributed by atoms with van der Waals surface area (Å²) in [6.07, 6.45) is 13.3. The third-order valence-corrected chi connectivity index (χ3v) is 14.2. The first kappa shape index (κ1) is 32.1. The first-order valence-electron chi connectivity index (χ1n) is 18.7. The molecule has 2 saturated carbocycles. The average molecular weight is 749 g/mol. The topological polar surface area (TPSA) is 113 Å². The number of rotatable bonds is 2. The molecule has 2 aromatic heterocycles. The van der Waals surface area contributed by atoms with Crippen molar-refractivity contribution in [3.05, 3.63) is 104 Å². The van der Waals surface area contributed by atoms with Gasteiger partial charge in [0.1, 0.15) is 21.2 Å². The molecule has 0 saturated heterocycles. The van der Waals surface area contributed by atoms with E-state index in [-0.39, 0.29) is 0 Å². The van der Waals surface area contributed by atoms with Crippen molar-refractivity contribution in [3.63, 3.8) is 0 Å². The maximum absolute atomic E-state index is 13.1. The summed E-state index contributed by atoms with van der Waals surface area (Å²) in [5.74, 6) is -0.847. The van der Waals surface area contributed by atoms with Gasteiger partial charge in [0.25, 0.3) is 0 Å². The lowest BCUT2D eigenvalue weighted by atomic mass is 9.71. The number of ether oxygens (including phenoxy) is 2. The molecule has 0 N–H and O–H groups in total. The van der Waals surface area contributed by atoms with E-state index in [0.717, 1.165) is 96.2 Å². The van der Waals surface area contributed by atoms with E-state index in [1.807, 2.05) is 24.3 Å². The molecule has 0 atom stereocenters. The summed E-state index contributed by atoms with van der Waals surface area (Å²) in [4.78, 5) is 63.7. The SMILES string of the molecule is O=C1C(=O)c2ccccc2/C1=C/c1nc2c(s1)-c1cc3c(cc1C1(CCCCC1)O2)-c1sc(/C=C2\C(=O)C(=O)c4ccccc42)nc1OC31CCCCC1. The number of Topliss-reactive ketones (excluding diaryl/α,β-unsaturated/α-hetero) is 4. The maximum atomic E-state index is 13.1. The molecule has 0 bridgehead atoms. The minimum absolute atomic E-state index is 0.366. The molecule has 0 amide bonds. The lowest BCUT2D eigenvalue weighted by Crippen LogP contribution is -2.40. The molecule has 2 fully saturated rings. The standard InChI is InChI=1S/C44H32N2O6S2/c47-35-25-13-5-3-11-23(25)27(37(35)49)21-33-45-41-39(53-33)29-20-32-30(19-31(29)43(51-41)15-7-1-8-16-43)40-42(52-44(32)17-9-2-10-18-44)46-34(54-40)22-28-24-12-4-6-14-26(24)36(48)38(28)50/h3-6,11-14,19-22H,1-2,7-10,15-18H2/b27-21-,28-22-. The Morgan fingerprint density at radius 2 is 0.889 bits per heavy atom. The van der Waals surface area contributed by atoms with Crippen molar-refractivity contribution in [1.29, 1.82) is 0 Å². The van der Waals surface area contributed by atoms with Gasteiger partial charge in [-0.1, -0.05) is 61.4 Å². The molecular formula is C44H32N2O6S2. The highest BCUT2D eigenvalue weighted by atomic mass is 32.1. The maximum Gasteiger partial charge on any atom is 0.234 e. The fourth-order valence-electron chi connectivity index (χ4n) is 9.54. The molecule has 11 rings (SSSR count). The van der Waals surface area contributed by atoms with E-state index in [1.165, 1.54) is 22.7 Å². The Kier molecular flexibility index (Phi) is 6.90. The zero-order valence-corrected chi connectivity index (χ0v) is 30.8. The first-order chi connectivity index (χ1) is 26.3. The second-order valence-electron chi connectivity index (χ2n) is 15.2. The van der Waals surface area contributed by atoms with Crippen LogP contribution in [0.1, 0.15) is 117 Å². The zero-order valence-electron chi connectivity index (χ0n) is 29.2. The van der Waals surface area contributed by atoms with Crippen LogP contribution in [0.4, 0.5) is 0 Å².